The summed E-state index contributed by atoms with van der Waals surface area (Å²) in [5.74, 6) is 0. The third kappa shape index (κ3) is 10.9. The Bertz CT molecular complexity index is 131. The Morgan fingerprint density at radius 3 is 2.44 bits per heavy atom. The molecule has 6 heteroatoms. The van der Waals surface area contributed by atoms with Gasteiger partial charge in [-0.1, -0.05) is 0 Å². The average molecular weight is 148 g/mol. The molecule has 0 saturated carbocycles. The van der Waals surface area contributed by atoms with E-state index < -0.39 is 5.09 Å². The van der Waals surface area contributed by atoms with E-state index in [1.165, 1.54) is 11.5 Å². The number of hydrogen-bond donors (Lipinski definition) is 1. The van der Waals surface area contributed by atoms with Crippen LogP contribution in [0.5, 0.6) is 0 Å². The lowest BCUT2D eigenvalue weighted by molar-refractivity contribution is -0.742. The van der Waals surface area contributed by atoms with Crippen LogP contribution < -0.4 is 0 Å². The van der Waals surface area contributed by atoms with Crippen LogP contribution in [0.2, 0.25) is 0 Å². The molecule has 0 unspecified atom stereocenters. The minimum Gasteiger partial charge on any atom is -0.328 e. The summed E-state index contributed by atoms with van der Waals surface area (Å²) in [6.07, 6.45) is 1.77. The van der Waals surface area contributed by atoms with Crippen LogP contribution in [-0.2, 0) is 0 Å². The monoisotopic (exact) mass is 148 g/mol. The van der Waals surface area contributed by atoms with Gasteiger partial charge in [-0.15, -0.1) is 10.1 Å². The molecule has 0 aliphatic carbocycles. The fourth-order valence-corrected chi connectivity index (χ4v) is 0.527. The van der Waals surface area contributed by atoms with E-state index in [0.717, 1.165) is 0 Å². The van der Waals surface area contributed by atoms with Gasteiger partial charge in [-0.25, -0.2) is 4.37 Å². The van der Waals surface area contributed by atoms with Crippen molar-refractivity contribution in [2.45, 2.75) is 0 Å². The van der Waals surface area contributed by atoms with Crippen LogP contribution in [0.1, 0.15) is 0 Å². The lowest BCUT2D eigenvalue weighted by Crippen LogP contribution is -1.81. The highest BCUT2D eigenvalue weighted by Gasteiger charge is 1.65. The van der Waals surface area contributed by atoms with Gasteiger partial charge in [-0.3, -0.25) is 0 Å². The zero-order valence-corrected chi connectivity index (χ0v) is 5.11. The molecule has 0 bridgehead atoms. The first-order valence-electron chi connectivity index (χ1n) is 1.91. The van der Waals surface area contributed by atoms with Gasteiger partial charge in [0.15, 0.2) is 0 Å². The molecular formula is C3H4N2O3S. The van der Waals surface area contributed by atoms with Gasteiger partial charge in [-0.05, 0) is 17.6 Å². The van der Waals surface area contributed by atoms with Gasteiger partial charge in [0.1, 0.15) is 0 Å². The van der Waals surface area contributed by atoms with E-state index in [9.17, 15) is 0 Å². The SMILES string of the molecule is O=[N+]([O-])O.c1cnsc1. The topological polar surface area (TPSA) is 76.3 Å². The average Bonchev–Trinajstić information content (AvgIpc) is 2.11. The first-order chi connectivity index (χ1) is 4.23. The molecule has 1 aromatic rings. The summed E-state index contributed by atoms with van der Waals surface area (Å²) in [5, 5.41) is 15.6. The maximum absolute atomic E-state index is 8.36. The second kappa shape index (κ2) is 4.98. The van der Waals surface area contributed by atoms with Crippen LogP contribution in [0, 0.1) is 10.1 Å². The normalized spacial score (nSPS) is 7.11. The van der Waals surface area contributed by atoms with Crippen molar-refractivity contribution >= 4 is 11.5 Å². The Morgan fingerprint density at radius 1 is 1.78 bits per heavy atom. The molecule has 9 heavy (non-hydrogen) atoms. The van der Waals surface area contributed by atoms with E-state index in [1.54, 1.807) is 6.20 Å². The van der Waals surface area contributed by atoms with Crippen molar-refractivity contribution in [2.75, 3.05) is 0 Å². The van der Waals surface area contributed by atoms with Gasteiger partial charge in [0, 0.05) is 11.6 Å². The van der Waals surface area contributed by atoms with Crippen molar-refractivity contribution in [1.29, 1.82) is 0 Å². The molecule has 0 radical (unpaired) electrons. The van der Waals surface area contributed by atoms with E-state index in [-0.39, 0.29) is 0 Å². The Labute approximate surface area is 54.8 Å². The van der Waals surface area contributed by atoms with Crippen LogP contribution in [0.25, 0.3) is 0 Å². The number of nitrogens with zero attached hydrogens (tertiary/aromatic N) is 2. The Morgan fingerprint density at radius 2 is 2.33 bits per heavy atom. The third-order valence-corrected chi connectivity index (χ3v) is 0.869. The molecule has 0 aliphatic rings. The first-order valence-corrected chi connectivity index (χ1v) is 2.74. The van der Waals surface area contributed by atoms with Crippen molar-refractivity contribution in [3.05, 3.63) is 27.8 Å². The maximum Gasteiger partial charge on any atom is 0.291 e. The molecule has 0 fully saturated rings. The molecule has 0 aromatic carbocycles. The van der Waals surface area contributed by atoms with Gasteiger partial charge in [0.25, 0.3) is 5.09 Å². The molecule has 0 spiro atoms. The fraction of sp³-hybridized carbons (Fsp3) is 0. The van der Waals surface area contributed by atoms with Gasteiger partial charge in [-0.2, -0.15) is 0 Å². The molecule has 0 amide bonds. The summed E-state index contributed by atoms with van der Waals surface area (Å²) >= 11 is 1.46. The van der Waals surface area contributed by atoms with E-state index in [0.29, 0.717) is 0 Å². The molecule has 1 heterocycles. The van der Waals surface area contributed by atoms with Crippen molar-refractivity contribution in [1.82, 2.24) is 4.37 Å². The van der Waals surface area contributed by atoms with Crippen LogP contribution >= 0.6 is 11.5 Å². The predicted molar refractivity (Wildman–Crippen MR) is 30.9 cm³/mol. The smallest absolute Gasteiger partial charge is 0.291 e. The molecule has 5 nitrogen and oxygen atoms in total. The van der Waals surface area contributed by atoms with Gasteiger partial charge in [0.05, 0.1) is 0 Å². The van der Waals surface area contributed by atoms with Crippen LogP contribution in [0.3, 0.4) is 0 Å². The van der Waals surface area contributed by atoms with Crippen molar-refractivity contribution < 1.29 is 10.3 Å². The molecule has 0 aliphatic heterocycles. The van der Waals surface area contributed by atoms with E-state index in [2.05, 4.69) is 4.37 Å². The Balaban J connectivity index is 0.000000148. The molecular weight excluding hydrogens is 144 g/mol. The van der Waals surface area contributed by atoms with Gasteiger partial charge < -0.3 is 5.21 Å². The third-order valence-electron chi connectivity index (χ3n) is 0.347. The summed E-state index contributed by atoms with van der Waals surface area (Å²) in [6, 6.07) is 1.91. The molecule has 0 saturated heterocycles. The minimum atomic E-state index is -1.50. The van der Waals surface area contributed by atoms with E-state index >= 15 is 0 Å². The number of aromatic nitrogens is 1. The largest absolute Gasteiger partial charge is 0.328 e. The highest BCUT2D eigenvalue weighted by atomic mass is 32.1. The fourth-order valence-electron chi connectivity index (χ4n) is 0.176. The maximum atomic E-state index is 8.36. The predicted octanol–water partition coefficient (Wildman–Crippen LogP) is 0.795. The second-order valence-corrected chi connectivity index (χ2v) is 1.62. The Kier molecular flexibility index (Phi) is 4.33. The van der Waals surface area contributed by atoms with Gasteiger partial charge in [0.2, 0.25) is 0 Å². The highest BCUT2D eigenvalue weighted by Crippen LogP contribution is 1.83. The lowest BCUT2D eigenvalue weighted by Gasteiger charge is -1.56. The van der Waals surface area contributed by atoms with Crippen LogP contribution in [0.15, 0.2) is 17.6 Å². The zero-order valence-electron chi connectivity index (χ0n) is 4.30. The first kappa shape index (κ1) is 7.83. The standard InChI is InChI=1S/C3H3NS.HNO3/c1-2-4-5-3-1;2-1(3)4/h1-3H;(H,2,3,4). The van der Waals surface area contributed by atoms with Crippen LogP contribution in [0.4, 0.5) is 0 Å². The number of hydrogen-bond acceptors (Lipinski definition) is 4. The van der Waals surface area contributed by atoms with Crippen molar-refractivity contribution in [3.8, 4) is 0 Å². The van der Waals surface area contributed by atoms with E-state index in [1.807, 2.05) is 11.4 Å². The number of rotatable bonds is 0. The zero-order chi connectivity index (χ0) is 7.11. The van der Waals surface area contributed by atoms with Crippen LogP contribution in [-0.4, -0.2) is 14.7 Å². The second-order valence-electron chi connectivity index (χ2n) is 0.926. The summed E-state index contributed by atoms with van der Waals surface area (Å²) in [5.41, 5.74) is 0. The highest BCUT2D eigenvalue weighted by molar-refractivity contribution is 7.03. The molecule has 50 valence electrons. The minimum absolute atomic E-state index is 1.46. The molecule has 1 N–H and O–H groups in total. The summed E-state index contributed by atoms with van der Waals surface area (Å²) < 4.78 is 3.76. The summed E-state index contributed by atoms with van der Waals surface area (Å²) in [7, 11) is 0. The molecule has 0 atom stereocenters. The van der Waals surface area contributed by atoms with E-state index in [4.69, 9.17) is 15.3 Å². The van der Waals surface area contributed by atoms with Crippen molar-refractivity contribution in [3.63, 3.8) is 0 Å². The lowest BCUT2D eigenvalue weighted by atomic mass is 10.8. The molecule has 1 rings (SSSR count). The van der Waals surface area contributed by atoms with Crippen molar-refractivity contribution in [2.24, 2.45) is 0 Å². The quantitative estimate of drug-likeness (QED) is 0.436. The molecule has 1 aromatic heterocycles. The summed E-state index contributed by atoms with van der Waals surface area (Å²) in [6.45, 7) is 0. The van der Waals surface area contributed by atoms with Gasteiger partial charge >= 0.3 is 0 Å². The Hall–Kier alpha value is -1.17. The summed E-state index contributed by atoms with van der Waals surface area (Å²) in [4.78, 5) is 8.36.